The van der Waals surface area contributed by atoms with Crippen LogP contribution in [0.25, 0.3) is 0 Å². The van der Waals surface area contributed by atoms with Crippen molar-refractivity contribution in [3.8, 4) is 0 Å². The van der Waals surface area contributed by atoms with Gasteiger partial charge in [-0.25, -0.2) is 8.42 Å². The normalized spacial score (nSPS) is 12.5. The number of Topliss-reactive ketones (excluding diaryl/α,β-unsaturated/α-hetero) is 1. The molecule has 1 rings (SSSR count). The zero-order chi connectivity index (χ0) is 20.6. The van der Waals surface area contributed by atoms with Gasteiger partial charge in [0.15, 0.2) is 12.4 Å². The van der Waals surface area contributed by atoms with Crippen molar-refractivity contribution in [3.63, 3.8) is 0 Å². The van der Waals surface area contributed by atoms with Gasteiger partial charge in [-0.05, 0) is 26.0 Å². The van der Waals surface area contributed by atoms with Gasteiger partial charge >= 0.3 is 5.97 Å². The first-order valence-corrected chi connectivity index (χ1v) is 9.53. The van der Waals surface area contributed by atoms with Crippen molar-refractivity contribution in [1.29, 1.82) is 0 Å². The van der Waals surface area contributed by atoms with E-state index in [0.29, 0.717) is 12.2 Å². The van der Waals surface area contributed by atoms with Crippen molar-refractivity contribution >= 4 is 27.7 Å². The van der Waals surface area contributed by atoms with Gasteiger partial charge < -0.3 is 14.8 Å². The Balaban J connectivity index is 2.60. The Morgan fingerprint density at radius 2 is 1.78 bits per heavy atom. The highest BCUT2D eigenvalue weighted by Gasteiger charge is 2.24. The van der Waals surface area contributed by atoms with E-state index in [4.69, 9.17) is 9.47 Å². The first-order valence-electron chi connectivity index (χ1n) is 8.09. The van der Waals surface area contributed by atoms with E-state index >= 15 is 0 Å². The Bertz CT molecular complexity index is 775. The fourth-order valence-corrected chi connectivity index (χ4v) is 3.22. The molecule has 1 N–H and O–H groups in total. The number of carbonyl (C=O) groups is 3. The van der Waals surface area contributed by atoms with Gasteiger partial charge in [0.05, 0.1) is 11.5 Å². The number of amides is 1. The summed E-state index contributed by atoms with van der Waals surface area (Å²) in [5.41, 5.74) is 0.379. The molecule has 0 saturated heterocycles. The molecule has 1 unspecified atom stereocenters. The van der Waals surface area contributed by atoms with Gasteiger partial charge in [0, 0.05) is 25.8 Å². The Kier molecular flexibility index (Phi) is 8.54. The third-order valence-electron chi connectivity index (χ3n) is 3.51. The van der Waals surface area contributed by atoms with E-state index in [1.54, 1.807) is 6.92 Å². The largest absolute Gasteiger partial charge is 0.455 e. The minimum atomic E-state index is -3.94. The number of ketones is 1. The lowest BCUT2D eigenvalue weighted by Crippen LogP contribution is -2.39. The summed E-state index contributed by atoms with van der Waals surface area (Å²) >= 11 is 0. The van der Waals surface area contributed by atoms with Gasteiger partial charge in [-0.3, -0.25) is 14.4 Å². The summed E-state index contributed by atoms with van der Waals surface area (Å²) in [4.78, 5) is 34.6. The van der Waals surface area contributed by atoms with Crippen LogP contribution in [-0.4, -0.2) is 70.3 Å². The SMILES string of the molecule is COCC(C)NC(=O)COC(=O)CN(C)S(=O)(=O)c1ccc(C(C)=O)cc1. The van der Waals surface area contributed by atoms with E-state index in [9.17, 15) is 22.8 Å². The molecule has 0 aliphatic heterocycles. The van der Waals surface area contributed by atoms with Crippen LogP contribution in [0.15, 0.2) is 29.2 Å². The van der Waals surface area contributed by atoms with Crippen LogP contribution in [0.2, 0.25) is 0 Å². The predicted molar refractivity (Wildman–Crippen MR) is 96.7 cm³/mol. The lowest BCUT2D eigenvalue weighted by Gasteiger charge is -2.17. The molecule has 10 heteroatoms. The molecule has 9 nitrogen and oxygen atoms in total. The first kappa shape index (κ1) is 22.7. The van der Waals surface area contributed by atoms with Crippen LogP contribution in [0.3, 0.4) is 0 Å². The maximum atomic E-state index is 12.4. The van der Waals surface area contributed by atoms with E-state index in [-0.39, 0.29) is 16.7 Å². The van der Waals surface area contributed by atoms with Crippen LogP contribution in [0.1, 0.15) is 24.2 Å². The van der Waals surface area contributed by atoms with Gasteiger partial charge in [0.25, 0.3) is 5.91 Å². The number of nitrogens with one attached hydrogen (secondary N) is 1. The van der Waals surface area contributed by atoms with Crippen molar-refractivity contribution < 1.29 is 32.3 Å². The molecule has 0 aliphatic carbocycles. The molecule has 0 fully saturated rings. The molecule has 0 radical (unpaired) electrons. The number of methoxy groups -OCH3 is 1. The molecule has 0 saturated carbocycles. The lowest BCUT2D eigenvalue weighted by atomic mass is 10.2. The molecule has 1 aromatic rings. The van der Waals surface area contributed by atoms with Crippen LogP contribution >= 0.6 is 0 Å². The average molecular weight is 400 g/mol. The molecule has 27 heavy (non-hydrogen) atoms. The highest BCUT2D eigenvalue weighted by molar-refractivity contribution is 7.89. The quantitative estimate of drug-likeness (QED) is 0.440. The summed E-state index contributed by atoms with van der Waals surface area (Å²) in [5, 5.41) is 2.56. The van der Waals surface area contributed by atoms with Crippen molar-refractivity contribution in [1.82, 2.24) is 9.62 Å². The van der Waals surface area contributed by atoms with Gasteiger partial charge in [0.1, 0.15) is 6.54 Å². The van der Waals surface area contributed by atoms with Crippen LogP contribution in [0.4, 0.5) is 0 Å². The number of benzene rings is 1. The molecule has 0 aromatic heterocycles. The van der Waals surface area contributed by atoms with E-state index in [2.05, 4.69) is 5.32 Å². The highest BCUT2D eigenvalue weighted by atomic mass is 32.2. The summed E-state index contributed by atoms with van der Waals surface area (Å²) in [7, 11) is -1.23. The first-order chi connectivity index (χ1) is 12.6. The van der Waals surface area contributed by atoms with Gasteiger partial charge in [-0.1, -0.05) is 12.1 Å². The predicted octanol–water partition coefficient (Wildman–Crippen LogP) is 0.204. The average Bonchev–Trinajstić information content (AvgIpc) is 2.60. The fraction of sp³-hybridized carbons (Fsp3) is 0.471. The monoisotopic (exact) mass is 400 g/mol. The van der Waals surface area contributed by atoms with E-state index in [1.807, 2.05) is 0 Å². The van der Waals surface area contributed by atoms with Gasteiger partial charge in [-0.15, -0.1) is 0 Å². The number of rotatable bonds is 10. The topological polar surface area (TPSA) is 119 Å². The molecule has 0 bridgehead atoms. The molecule has 1 aromatic carbocycles. The summed E-state index contributed by atoms with van der Waals surface area (Å²) in [6.07, 6.45) is 0. The third-order valence-corrected chi connectivity index (χ3v) is 5.33. The number of sulfonamides is 1. The fourth-order valence-electron chi connectivity index (χ4n) is 2.11. The zero-order valence-corrected chi connectivity index (χ0v) is 16.5. The van der Waals surface area contributed by atoms with Crippen molar-refractivity contribution in [2.24, 2.45) is 0 Å². The number of nitrogens with zero attached hydrogens (tertiary/aromatic N) is 1. The Hall–Kier alpha value is -2.30. The summed E-state index contributed by atoms with van der Waals surface area (Å²) in [6.45, 7) is 2.33. The molecule has 0 aliphatic rings. The smallest absolute Gasteiger partial charge is 0.321 e. The number of likely N-dealkylation sites (N-methyl/N-ethyl adjacent to an activating group) is 1. The van der Waals surface area contributed by atoms with Crippen molar-refractivity contribution in [2.75, 3.05) is 33.9 Å². The number of ether oxygens (including phenoxy) is 2. The van der Waals surface area contributed by atoms with E-state index in [1.165, 1.54) is 45.3 Å². The van der Waals surface area contributed by atoms with Crippen molar-refractivity contribution in [2.45, 2.75) is 24.8 Å². The minimum absolute atomic E-state index is 0.0612. The number of esters is 1. The van der Waals surface area contributed by atoms with Crippen LogP contribution in [-0.2, 0) is 29.1 Å². The number of hydrogen-bond donors (Lipinski definition) is 1. The second-order valence-corrected chi connectivity index (χ2v) is 7.97. The summed E-state index contributed by atoms with van der Waals surface area (Å²) < 4.78 is 35.4. The Labute approximate surface area is 158 Å². The zero-order valence-electron chi connectivity index (χ0n) is 15.7. The maximum Gasteiger partial charge on any atom is 0.321 e. The van der Waals surface area contributed by atoms with Crippen LogP contribution < -0.4 is 5.32 Å². The summed E-state index contributed by atoms with van der Waals surface area (Å²) in [6, 6.07) is 5.12. The molecular weight excluding hydrogens is 376 g/mol. The Morgan fingerprint density at radius 3 is 2.30 bits per heavy atom. The van der Waals surface area contributed by atoms with Gasteiger partial charge in [0.2, 0.25) is 10.0 Å². The lowest BCUT2D eigenvalue weighted by molar-refractivity contribution is -0.148. The molecule has 0 spiro atoms. The van der Waals surface area contributed by atoms with E-state index < -0.39 is 35.1 Å². The maximum absolute atomic E-state index is 12.4. The molecule has 1 atom stereocenters. The molecule has 1 amide bonds. The van der Waals surface area contributed by atoms with Crippen molar-refractivity contribution in [3.05, 3.63) is 29.8 Å². The number of hydrogen-bond acceptors (Lipinski definition) is 7. The molecule has 150 valence electrons. The molecular formula is C17H24N2O7S. The second kappa shape index (κ2) is 10.1. The number of carbonyl (C=O) groups excluding carboxylic acids is 3. The minimum Gasteiger partial charge on any atom is -0.455 e. The van der Waals surface area contributed by atoms with Crippen LogP contribution in [0, 0.1) is 0 Å². The molecule has 0 heterocycles. The highest BCUT2D eigenvalue weighted by Crippen LogP contribution is 2.15. The summed E-state index contributed by atoms with van der Waals surface area (Å²) in [5.74, 6) is -1.57. The Morgan fingerprint density at radius 1 is 1.19 bits per heavy atom. The standard InChI is InChI=1S/C17H24N2O7S/c1-12(10-25-4)18-16(21)11-26-17(22)9-19(3)27(23,24)15-7-5-14(6-8-15)13(2)20/h5-8,12H,9-11H2,1-4H3,(H,18,21). The van der Waals surface area contributed by atoms with E-state index in [0.717, 1.165) is 4.31 Å². The van der Waals surface area contributed by atoms with Gasteiger partial charge in [-0.2, -0.15) is 4.31 Å². The van der Waals surface area contributed by atoms with Crippen LogP contribution in [0.5, 0.6) is 0 Å². The second-order valence-electron chi connectivity index (χ2n) is 5.93. The third kappa shape index (κ3) is 7.08.